The lowest BCUT2D eigenvalue weighted by Gasteiger charge is -2.64. The lowest BCUT2D eigenvalue weighted by molar-refractivity contribution is -0.179. The fourth-order valence-electron chi connectivity index (χ4n) is 6.58. The van der Waals surface area contributed by atoms with Crippen molar-refractivity contribution < 1.29 is 9.59 Å². The molecular weight excluding hydrogens is 326 g/mol. The minimum Gasteiger partial charge on any atom is -0.358 e. The molecule has 0 unspecified atom stereocenters. The summed E-state index contributed by atoms with van der Waals surface area (Å²) in [4.78, 5) is 32.2. The number of nitrogens with one attached hydrogen (secondary N) is 2. The molecule has 1 aromatic carbocycles. The van der Waals surface area contributed by atoms with Crippen molar-refractivity contribution in [1.82, 2.24) is 15.2 Å². The number of carbonyl (C=O) groups is 2. The Kier molecular flexibility index (Phi) is 2.37. The van der Waals surface area contributed by atoms with Crippen molar-refractivity contribution in [1.29, 1.82) is 0 Å². The molecule has 1 aromatic heterocycles. The Labute approximate surface area is 152 Å². The zero-order chi connectivity index (χ0) is 17.9. The molecule has 3 atom stereocenters. The molecule has 4 aliphatic heterocycles. The van der Waals surface area contributed by atoms with Crippen molar-refractivity contribution in [2.45, 2.75) is 56.0 Å². The van der Waals surface area contributed by atoms with Gasteiger partial charge in [-0.3, -0.25) is 9.59 Å². The summed E-state index contributed by atoms with van der Waals surface area (Å²) in [5.74, 6) is 0.343. The predicted molar refractivity (Wildman–Crippen MR) is 97.7 cm³/mol. The molecule has 2 N–H and O–H groups in total. The quantitative estimate of drug-likeness (QED) is 0.766. The van der Waals surface area contributed by atoms with Gasteiger partial charge >= 0.3 is 0 Å². The van der Waals surface area contributed by atoms with Crippen molar-refractivity contribution in [3.8, 4) is 0 Å². The van der Waals surface area contributed by atoms with E-state index in [9.17, 15) is 9.59 Å². The summed E-state index contributed by atoms with van der Waals surface area (Å²) in [6.45, 7) is 5.20. The molecule has 5 heterocycles. The second kappa shape index (κ2) is 4.16. The van der Waals surface area contributed by atoms with E-state index in [0.29, 0.717) is 6.42 Å². The molecule has 2 aromatic rings. The van der Waals surface area contributed by atoms with Gasteiger partial charge in [0.25, 0.3) is 0 Å². The molecule has 2 bridgehead atoms. The standard InChI is InChI=1S/C21H23N3O2/c1-19(2)15-11-20-8-5-9-24(20)18(26)21(15,23-17(20)25)10-13-12-6-3-4-7-14(12)22-16(13)19/h3-4,6-7,15,22H,5,8-11H2,1-2H3,(H,23,25)/t15-,20-,21-/m0/s1. The average Bonchev–Trinajstić information content (AvgIpc) is 3.20. The summed E-state index contributed by atoms with van der Waals surface area (Å²) in [6.07, 6.45) is 3.10. The van der Waals surface area contributed by atoms with Crippen LogP contribution in [-0.2, 0) is 21.4 Å². The van der Waals surface area contributed by atoms with Crippen molar-refractivity contribution in [3.05, 3.63) is 35.5 Å². The molecule has 4 saturated heterocycles. The third-order valence-corrected chi connectivity index (χ3v) is 7.80. The maximum absolute atomic E-state index is 13.6. The van der Waals surface area contributed by atoms with E-state index in [2.05, 4.69) is 36.3 Å². The van der Waals surface area contributed by atoms with Crippen LogP contribution in [-0.4, -0.2) is 39.3 Å². The number of piperazine rings is 1. The normalized spacial score (nSPS) is 36.7. The van der Waals surface area contributed by atoms with E-state index in [1.807, 2.05) is 17.0 Å². The molecule has 26 heavy (non-hydrogen) atoms. The number of piperidine rings is 2. The van der Waals surface area contributed by atoms with E-state index in [0.717, 1.165) is 31.3 Å². The first-order chi connectivity index (χ1) is 12.4. The van der Waals surface area contributed by atoms with E-state index >= 15 is 0 Å². The first kappa shape index (κ1) is 14.8. The number of hydrogen-bond acceptors (Lipinski definition) is 2. The summed E-state index contributed by atoms with van der Waals surface area (Å²) < 4.78 is 0. The number of aromatic amines is 1. The Morgan fingerprint density at radius 1 is 1.19 bits per heavy atom. The third kappa shape index (κ3) is 1.36. The molecule has 134 valence electrons. The van der Waals surface area contributed by atoms with Crippen LogP contribution in [0.2, 0.25) is 0 Å². The van der Waals surface area contributed by atoms with Gasteiger partial charge in [0.15, 0.2) is 0 Å². The Hall–Kier alpha value is -2.30. The van der Waals surface area contributed by atoms with Gasteiger partial charge in [-0.1, -0.05) is 32.0 Å². The molecule has 0 saturated carbocycles. The number of para-hydroxylation sites is 1. The minimum absolute atomic E-state index is 0.0740. The second-order valence-electron chi connectivity index (χ2n) is 9.20. The van der Waals surface area contributed by atoms with E-state index < -0.39 is 11.1 Å². The fraction of sp³-hybridized carbons (Fsp3) is 0.524. The van der Waals surface area contributed by atoms with Crippen LogP contribution in [0.5, 0.6) is 0 Å². The number of carbonyl (C=O) groups excluding carboxylic acids is 2. The summed E-state index contributed by atoms with van der Waals surface area (Å²) in [7, 11) is 0. The van der Waals surface area contributed by atoms with Gasteiger partial charge in [0.05, 0.1) is 0 Å². The number of rotatable bonds is 0. The van der Waals surface area contributed by atoms with Crippen molar-refractivity contribution in [3.63, 3.8) is 0 Å². The van der Waals surface area contributed by atoms with E-state index in [1.165, 1.54) is 16.6 Å². The molecule has 5 nitrogen and oxygen atoms in total. The lowest BCUT2D eigenvalue weighted by Crippen LogP contribution is -2.84. The number of benzene rings is 1. The Morgan fingerprint density at radius 2 is 2.00 bits per heavy atom. The van der Waals surface area contributed by atoms with Crippen molar-refractivity contribution in [2.75, 3.05) is 6.54 Å². The van der Waals surface area contributed by atoms with Crippen LogP contribution in [0, 0.1) is 5.92 Å². The number of hydrogen-bond donors (Lipinski definition) is 2. The van der Waals surface area contributed by atoms with Gasteiger partial charge in [0.2, 0.25) is 11.8 Å². The van der Waals surface area contributed by atoms with E-state index in [4.69, 9.17) is 0 Å². The average molecular weight is 349 g/mol. The fourth-order valence-corrected chi connectivity index (χ4v) is 6.58. The van der Waals surface area contributed by atoms with Crippen LogP contribution in [0.3, 0.4) is 0 Å². The minimum atomic E-state index is -0.787. The maximum Gasteiger partial charge on any atom is 0.249 e. The summed E-state index contributed by atoms with van der Waals surface area (Å²) >= 11 is 0. The maximum atomic E-state index is 13.6. The van der Waals surface area contributed by atoms with Gasteiger partial charge < -0.3 is 15.2 Å². The molecule has 7 rings (SSSR count). The highest BCUT2D eigenvalue weighted by Gasteiger charge is 2.72. The Balaban J connectivity index is 1.64. The van der Waals surface area contributed by atoms with Crippen LogP contribution in [0.1, 0.15) is 44.4 Å². The molecular formula is C21H23N3O2. The van der Waals surface area contributed by atoms with Gasteiger partial charge in [0, 0.05) is 40.9 Å². The topological polar surface area (TPSA) is 65.2 Å². The van der Waals surface area contributed by atoms with Crippen LogP contribution < -0.4 is 5.32 Å². The molecule has 2 spiro atoms. The van der Waals surface area contributed by atoms with Crippen molar-refractivity contribution in [2.24, 2.45) is 5.92 Å². The van der Waals surface area contributed by atoms with Gasteiger partial charge in [0.1, 0.15) is 11.1 Å². The summed E-state index contributed by atoms with van der Waals surface area (Å²) in [5.41, 5.74) is 1.97. The van der Waals surface area contributed by atoms with Crippen LogP contribution >= 0.6 is 0 Å². The molecule has 4 fully saturated rings. The number of nitrogens with zero attached hydrogens (tertiary/aromatic N) is 1. The van der Waals surface area contributed by atoms with E-state index in [-0.39, 0.29) is 23.1 Å². The van der Waals surface area contributed by atoms with Crippen molar-refractivity contribution >= 4 is 22.7 Å². The van der Waals surface area contributed by atoms with Crippen LogP contribution in [0.4, 0.5) is 0 Å². The smallest absolute Gasteiger partial charge is 0.249 e. The van der Waals surface area contributed by atoms with Crippen LogP contribution in [0.25, 0.3) is 10.9 Å². The molecule has 5 heteroatoms. The third-order valence-electron chi connectivity index (χ3n) is 7.80. The number of H-pyrrole nitrogens is 1. The van der Waals surface area contributed by atoms with Gasteiger partial charge in [-0.2, -0.15) is 0 Å². The predicted octanol–water partition coefficient (Wildman–Crippen LogP) is 2.25. The molecule has 5 aliphatic rings. The SMILES string of the molecule is CC1(C)c2[nH]c3ccccc3c2C[C@@]23NC(=O)[C@]4(CCCN4C2=O)C[C@@H]13. The highest BCUT2D eigenvalue weighted by molar-refractivity contribution is 6.06. The zero-order valence-corrected chi connectivity index (χ0v) is 15.2. The van der Waals surface area contributed by atoms with Gasteiger partial charge in [-0.05, 0) is 30.9 Å². The highest BCUT2D eigenvalue weighted by atomic mass is 16.2. The van der Waals surface area contributed by atoms with E-state index in [1.54, 1.807) is 0 Å². The first-order valence-electron chi connectivity index (χ1n) is 9.65. The number of aromatic nitrogens is 1. The molecule has 1 aliphatic carbocycles. The summed E-state index contributed by atoms with van der Waals surface area (Å²) in [5, 5.41) is 4.43. The Morgan fingerprint density at radius 3 is 2.85 bits per heavy atom. The first-order valence-corrected chi connectivity index (χ1v) is 9.65. The highest BCUT2D eigenvalue weighted by Crippen LogP contribution is 2.59. The monoisotopic (exact) mass is 349 g/mol. The zero-order valence-electron chi connectivity index (χ0n) is 15.2. The van der Waals surface area contributed by atoms with Gasteiger partial charge in [-0.25, -0.2) is 0 Å². The second-order valence-corrected chi connectivity index (χ2v) is 9.20. The summed E-state index contributed by atoms with van der Waals surface area (Å²) in [6, 6.07) is 8.30. The number of fused-ring (bicyclic) bond motifs is 4. The molecule has 2 amide bonds. The van der Waals surface area contributed by atoms with Crippen LogP contribution in [0.15, 0.2) is 24.3 Å². The largest absolute Gasteiger partial charge is 0.358 e. The van der Waals surface area contributed by atoms with Gasteiger partial charge in [-0.15, -0.1) is 0 Å². The Bertz CT molecular complexity index is 1010. The number of amides is 2. The molecule has 0 radical (unpaired) electrons. The lowest BCUT2D eigenvalue weighted by atomic mass is 9.51.